The van der Waals surface area contributed by atoms with Gasteiger partial charge >= 0.3 is 6.18 Å². The summed E-state index contributed by atoms with van der Waals surface area (Å²) in [5, 5.41) is 0.498. The monoisotopic (exact) mass is 424 g/mol. The van der Waals surface area contributed by atoms with E-state index in [-0.39, 0.29) is 30.9 Å². The van der Waals surface area contributed by atoms with E-state index in [1.807, 2.05) is 13.8 Å². The lowest BCUT2D eigenvalue weighted by Crippen LogP contribution is -2.56. The fraction of sp³-hybridized carbons (Fsp3) is 0.333. The van der Waals surface area contributed by atoms with E-state index in [2.05, 4.69) is 0 Å². The zero-order valence-electron chi connectivity index (χ0n) is 15.9. The van der Waals surface area contributed by atoms with Crippen molar-refractivity contribution in [3.63, 3.8) is 0 Å². The van der Waals surface area contributed by atoms with Crippen LogP contribution in [0.5, 0.6) is 0 Å². The first kappa shape index (κ1) is 21.2. The average molecular weight is 425 g/mol. The molecule has 0 radical (unpaired) electrons. The SMILES string of the molecule is CC(C)N1CC(=O)N(Cc2ccc(C(F)(F)F)cc2)C(c2ccc(Cl)cc2)C1=O. The molecular formula is C21H20ClF3N2O2. The van der Waals surface area contributed by atoms with E-state index < -0.39 is 17.8 Å². The van der Waals surface area contributed by atoms with Gasteiger partial charge in [-0.3, -0.25) is 9.59 Å². The lowest BCUT2D eigenvalue weighted by atomic mass is 9.99. The Kier molecular flexibility index (Phi) is 5.89. The molecule has 4 nitrogen and oxygen atoms in total. The topological polar surface area (TPSA) is 40.6 Å². The smallest absolute Gasteiger partial charge is 0.329 e. The highest BCUT2D eigenvalue weighted by molar-refractivity contribution is 6.30. The molecule has 1 fully saturated rings. The number of halogens is 4. The first-order chi connectivity index (χ1) is 13.6. The van der Waals surface area contributed by atoms with Crippen molar-refractivity contribution in [2.75, 3.05) is 6.54 Å². The van der Waals surface area contributed by atoms with Gasteiger partial charge in [0.25, 0.3) is 5.91 Å². The van der Waals surface area contributed by atoms with Crippen molar-refractivity contribution in [1.29, 1.82) is 0 Å². The molecule has 1 aliphatic heterocycles. The van der Waals surface area contributed by atoms with Crippen molar-refractivity contribution in [2.24, 2.45) is 0 Å². The lowest BCUT2D eigenvalue weighted by molar-refractivity contribution is -0.158. The normalized spacial score (nSPS) is 18.0. The molecule has 0 aromatic heterocycles. The van der Waals surface area contributed by atoms with Gasteiger partial charge in [0.15, 0.2) is 0 Å². The van der Waals surface area contributed by atoms with E-state index >= 15 is 0 Å². The van der Waals surface area contributed by atoms with Crippen LogP contribution < -0.4 is 0 Å². The molecule has 2 amide bonds. The second-order valence-electron chi connectivity index (χ2n) is 7.23. The fourth-order valence-electron chi connectivity index (χ4n) is 3.33. The van der Waals surface area contributed by atoms with Crippen molar-refractivity contribution in [2.45, 2.75) is 38.7 Å². The Labute approximate surface area is 171 Å². The van der Waals surface area contributed by atoms with Crippen LogP contribution in [0.1, 0.15) is 36.6 Å². The molecule has 0 aliphatic carbocycles. The fourth-order valence-corrected chi connectivity index (χ4v) is 3.45. The minimum absolute atomic E-state index is 0.0297. The largest absolute Gasteiger partial charge is 0.416 e. The zero-order valence-corrected chi connectivity index (χ0v) is 16.7. The molecule has 1 heterocycles. The number of nitrogens with zero attached hydrogens (tertiary/aromatic N) is 2. The summed E-state index contributed by atoms with van der Waals surface area (Å²) < 4.78 is 38.4. The summed E-state index contributed by atoms with van der Waals surface area (Å²) in [5.74, 6) is -0.494. The Morgan fingerprint density at radius 1 is 1.03 bits per heavy atom. The maximum atomic E-state index is 13.1. The summed E-state index contributed by atoms with van der Waals surface area (Å²) >= 11 is 5.94. The summed E-state index contributed by atoms with van der Waals surface area (Å²) in [7, 11) is 0. The van der Waals surface area contributed by atoms with Gasteiger partial charge in [-0.25, -0.2) is 0 Å². The van der Waals surface area contributed by atoms with E-state index in [4.69, 9.17) is 11.6 Å². The van der Waals surface area contributed by atoms with Gasteiger partial charge in [0.1, 0.15) is 12.6 Å². The first-order valence-electron chi connectivity index (χ1n) is 9.09. The maximum Gasteiger partial charge on any atom is 0.416 e. The molecule has 0 bridgehead atoms. The average Bonchev–Trinajstić information content (AvgIpc) is 2.65. The summed E-state index contributed by atoms with van der Waals surface area (Å²) in [6.07, 6.45) is -4.43. The van der Waals surface area contributed by atoms with Crippen LogP contribution in [0.3, 0.4) is 0 Å². The van der Waals surface area contributed by atoms with Crippen molar-refractivity contribution in [3.8, 4) is 0 Å². The Balaban J connectivity index is 1.94. The number of hydrogen-bond acceptors (Lipinski definition) is 2. The molecule has 1 saturated heterocycles. The van der Waals surface area contributed by atoms with Crippen LogP contribution >= 0.6 is 11.6 Å². The Hall–Kier alpha value is -2.54. The third kappa shape index (κ3) is 4.56. The quantitative estimate of drug-likeness (QED) is 0.715. The van der Waals surface area contributed by atoms with Crippen LogP contribution in [-0.4, -0.2) is 34.2 Å². The van der Waals surface area contributed by atoms with Crippen LogP contribution in [0, 0.1) is 0 Å². The molecule has 29 heavy (non-hydrogen) atoms. The molecule has 1 atom stereocenters. The number of alkyl halides is 3. The van der Waals surface area contributed by atoms with E-state index in [9.17, 15) is 22.8 Å². The van der Waals surface area contributed by atoms with Crippen LogP contribution in [0.4, 0.5) is 13.2 Å². The Morgan fingerprint density at radius 3 is 2.14 bits per heavy atom. The molecule has 2 aromatic rings. The van der Waals surface area contributed by atoms with Gasteiger partial charge in [-0.05, 0) is 49.2 Å². The van der Waals surface area contributed by atoms with Gasteiger partial charge in [0.05, 0.1) is 5.56 Å². The molecule has 0 N–H and O–H groups in total. The van der Waals surface area contributed by atoms with Gasteiger partial charge in [-0.2, -0.15) is 13.2 Å². The number of amides is 2. The third-order valence-corrected chi connectivity index (χ3v) is 5.15. The number of hydrogen-bond donors (Lipinski definition) is 0. The third-order valence-electron chi connectivity index (χ3n) is 4.90. The van der Waals surface area contributed by atoms with Crippen LogP contribution in [0.15, 0.2) is 48.5 Å². The van der Waals surface area contributed by atoms with Crippen LogP contribution in [-0.2, 0) is 22.3 Å². The predicted molar refractivity (Wildman–Crippen MR) is 103 cm³/mol. The van der Waals surface area contributed by atoms with Gasteiger partial charge in [-0.1, -0.05) is 35.9 Å². The molecular weight excluding hydrogens is 405 g/mol. The molecule has 0 spiro atoms. The van der Waals surface area contributed by atoms with Gasteiger partial charge in [-0.15, -0.1) is 0 Å². The zero-order chi connectivity index (χ0) is 21.3. The number of carbonyl (C=O) groups excluding carboxylic acids is 2. The molecule has 1 aliphatic rings. The first-order valence-corrected chi connectivity index (χ1v) is 9.47. The molecule has 2 aromatic carbocycles. The molecule has 8 heteroatoms. The number of carbonyl (C=O) groups is 2. The number of rotatable bonds is 4. The summed E-state index contributed by atoms with van der Waals surface area (Å²) in [5.41, 5.74) is 0.351. The predicted octanol–water partition coefficient (Wildman–Crippen LogP) is 4.68. The van der Waals surface area contributed by atoms with Crippen molar-refractivity contribution < 1.29 is 22.8 Å². The second kappa shape index (κ2) is 8.06. The van der Waals surface area contributed by atoms with Crippen LogP contribution in [0.25, 0.3) is 0 Å². The highest BCUT2D eigenvalue weighted by Crippen LogP contribution is 2.32. The van der Waals surface area contributed by atoms with Crippen molar-refractivity contribution in [1.82, 2.24) is 9.80 Å². The van der Waals surface area contributed by atoms with E-state index in [1.165, 1.54) is 21.9 Å². The standard InChI is InChI=1S/C21H20ClF3N2O2/c1-13(2)26-12-18(28)27(11-14-3-7-16(8-4-14)21(23,24)25)19(20(26)29)15-5-9-17(22)10-6-15/h3-10,13,19H,11-12H2,1-2H3. The second-order valence-corrected chi connectivity index (χ2v) is 7.67. The highest BCUT2D eigenvalue weighted by atomic mass is 35.5. The summed E-state index contributed by atoms with van der Waals surface area (Å²) in [6.45, 7) is 3.62. The highest BCUT2D eigenvalue weighted by Gasteiger charge is 2.41. The lowest BCUT2D eigenvalue weighted by Gasteiger charge is -2.42. The molecule has 154 valence electrons. The number of piperazine rings is 1. The van der Waals surface area contributed by atoms with Gasteiger partial charge in [0.2, 0.25) is 5.91 Å². The Morgan fingerprint density at radius 2 is 1.62 bits per heavy atom. The van der Waals surface area contributed by atoms with Gasteiger partial charge < -0.3 is 9.80 Å². The summed E-state index contributed by atoms with van der Waals surface area (Å²) in [6, 6.07) is 10.2. The molecule has 0 saturated carbocycles. The summed E-state index contributed by atoms with van der Waals surface area (Å²) in [4.78, 5) is 28.9. The number of benzene rings is 2. The van der Waals surface area contributed by atoms with E-state index in [0.29, 0.717) is 16.1 Å². The molecule has 3 rings (SSSR count). The van der Waals surface area contributed by atoms with Crippen LogP contribution in [0.2, 0.25) is 5.02 Å². The van der Waals surface area contributed by atoms with Crippen molar-refractivity contribution >= 4 is 23.4 Å². The van der Waals surface area contributed by atoms with Gasteiger partial charge in [0, 0.05) is 17.6 Å². The molecule has 1 unspecified atom stereocenters. The van der Waals surface area contributed by atoms with E-state index in [1.54, 1.807) is 24.3 Å². The minimum atomic E-state index is -4.43. The van der Waals surface area contributed by atoms with E-state index in [0.717, 1.165) is 12.1 Å². The van der Waals surface area contributed by atoms with Crippen molar-refractivity contribution in [3.05, 3.63) is 70.2 Å². The maximum absolute atomic E-state index is 13.1. The minimum Gasteiger partial charge on any atom is -0.329 e. The Bertz CT molecular complexity index is 896.